The average Bonchev–Trinajstić information content (AvgIpc) is 2.75. The first kappa shape index (κ1) is 23.7. The molecular weight excluding hydrogens is 400 g/mol. The van der Waals surface area contributed by atoms with E-state index in [9.17, 15) is 20.4 Å². The number of aliphatic hydroxyl groups excluding tert-OH is 5. The SMILES string of the molecule is Cc1cc(C)c(Cc2ccc(CCCO)cc2)c(O[C@H]2C(O)O[C@H](CO)[C@@H](O)[C@@H]2O)c1. The summed E-state index contributed by atoms with van der Waals surface area (Å²) in [6.07, 6.45) is -4.42. The lowest BCUT2D eigenvalue weighted by Crippen LogP contribution is -2.60. The number of hydrogen-bond acceptors (Lipinski definition) is 7. The fourth-order valence-corrected chi connectivity index (χ4v) is 3.95. The van der Waals surface area contributed by atoms with Gasteiger partial charge in [-0.1, -0.05) is 30.3 Å². The number of rotatable bonds is 8. The topological polar surface area (TPSA) is 120 Å². The van der Waals surface area contributed by atoms with Crippen LogP contribution in [0.15, 0.2) is 36.4 Å². The van der Waals surface area contributed by atoms with Crippen LogP contribution in [0.25, 0.3) is 0 Å². The van der Waals surface area contributed by atoms with E-state index in [4.69, 9.17) is 14.6 Å². The minimum atomic E-state index is -1.49. The molecule has 7 heteroatoms. The van der Waals surface area contributed by atoms with E-state index in [0.717, 1.165) is 40.7 Å². The van der Waals surface area contributed by atoms with Gasteiger partial charge in [0.15, 0.2) is 12.4 Å². The van der Waals surface area contributed by atoms with Gasteiger partial charge in [0.2, 0.25) is 0 Å². The van der Waals surface area contributed by atoms with Gasteiger partial charge < -0.3 is 35.0 Å². The van der Waals surface area contributed by atoms with E-state index in [1.807, 2.05) is 50.2 Å². The monoisotopic (exact) mass is 432 g/mol. The van der Waals surface area contributed by atoms with Crippen LogP contribution in [0.3, 0.4) is 0 Å². The Labute approximate surface area is 182 Å². The Balaban J connectivity index is 1.83. The number of aryl methyl sites for hydroxylation is 3. The van der Waals surface area contributed by atoms with E-state index >= 15 is 0 Å². The second kappa shape index (κ2) is 10.5. The van der Waals surface area contributed by atoms with Crippen LogP contribution >= 0.6 is 0 Å². The molecule has 170 valence electrons. The molecule has 0 spiro atoms. The van der Waals surface area contributed by atoms with Crippen LogP contribution < -0.4 is 4.74 Å². The molecule has 0 amide bonds. The van der Waals surface area contributed by atoms with Crippen molar-refractivity contribution in [2.45, 2.75) is 63.8 Å². The van der Waals surface area contributed by atoms with Crippen molar-refractivity contribution in [1.29, 1.82) is 0 Å². The van der Waals surface area contributed by atoms with Crippen molar-refractivity contribution in [2.24, 2.45) is 0 Å². The van der Waals surface area contributed by atoms with Crippen LogP contribution in [0.2, 0.25) is 0 Å². The average molecular weight is 433 g/mol. The van der Waals surface area contributed by atoms with E-state index < -0.39 is 37.3 Å². The Morgan fingerprint density at radius 3 is 2.26 bits per heavy atom. The first-order valence-corrected chi connectivity index (χ1v) is 10.6. The molecule has 5 N–H and O–H groups in total. The number of hydrogen-bond donors (Lipinski definition) is 5. The molecule has 0 radical (unpaired) electrons. The van der Waals surface area contributed by atoms with Gasteiger partial charge >= 0.3 is 0 Å². The molecule has 3 rings (SSSR count). The fourth-order valence-electron chi connectivity index (χ4n) is 3.95. The van der Waals surface area contributed by atoms with Gasteiger partial charge in [0.25, 0.3) is 0 Å². The summed E-state index contributed by atoms with van der Waals surface area (Å²) in [5, 5.41) is 49.2. The van der Waals surface area contributed by atoms with Gasteiger partial charge in [0.1, 0.15) is 24.1 Å². The summed E-state index contributed by atoms with van der Waals surface area (Å²) in [5.41, 5.74) is 5.12. The Hall–Kier alpha value is -2.00. The van der Waals surface area contributed by atoms with Crippen LogP contribution in [-0.2, 0) is 17.6 Å². The Bertz CT molecular complexity index is 852. The highest BCUT2D eigenvalue weighted by Crippen LogP contribution is 2.31. The van der Waals surface area contributed by atoms with Crippen molar-refractivity contribution in [3.63, 3.8) is 0 Å². The third-order valence-corrected chi connectivity index (χ3v) is 5.71. The van der Waals surface area contributed by atoms with Crippen molar-refractivity contribution in [2.75, 3.05) is 13.2 Å². The number of aliphatic hydroxyl groups is 5. The molecule has 1 saturated heterocycles. The second-order valence-corrected chi connectivity index (χ2v) is 8.19. The molecule has 0 aliphatic carbocycles. The Morgan fingerprint density at radius 1 is 0.935 bits per heavy atom. The normalized spacial score (nSPS) is 26.1. The predicted molar refractivity (Wildman–Crippen MR) is 115 cm³/mol. The Morgan fingerprint density at radius 2 is 1.61 bits per heavy atom. The van der Waals surface area contributed by atoms with E-state index in [1.165, 1.54) is 0 Å². The summed E-state index contributed by atoms with van der Waals surface area (Å²) in [4.78, 5) is 0. The third-order valence-electron chi connectivity index (χ3n) is 5.71. The zero-order valence-corrected chi connectivity index (χ0v) is 17.9. The van der Waals surface area contributed by atoms with Crippen LogP contribution in [-0.4, -0.2) is 69.5 Å². The van der Waals surface area contributed by atoms with Gasteiger partial charge in [0.05, 0.1) is 6.61 Å². The van der Waals surface area contributed by atoms with Crippen LogP contribution in [0.1, 0.15) is 34.2 Å². The summed E-state index contributed by atoms with van der Waals surface area (Å²) in [5.74, 6) is 0.503. The van der Waals surface area contributed by atoms with Crippen LogP contribution in [0.5, 0.6) is 5.75 Å². The quantitative estimate of drug-likeness (QED) is 0.422. The minimum absolute atomic E-state index is 0.168. The molecule has 0 bridgehead atoms. The molecule has 5 atom stereocenters. The van der Waals surface area contributed by atoms with Gasteiger partial charge in [-0.25, -0.2) is 0 Å². The molecule has 1 heterocycles. The molecule has 1 aliphatic rings. The molecule has 2 aromatic carbocycles. The Kier molecular flexibility index (Phi) is 8.05. The molecule has 7 nitrogen and oxygen atoms in total. The largest absolute Gasteiger partial charge is 0.482 e. The van der Waals surface area contributed by atoms with Gasteiger partial charge in [-0.05, 0) is 55.0 Å². The van der Waals surface area contributed by atoms with E-state index in [0.29, 0.717) is 12.2 Å². The van der Waals surface area contributed by atoms with E-state index in [2.05, 4.69) is 0 Å². The molecule has 31 heavy (non-hydrogen) atoms. The van der Waals surface area contributed by atoms with Crippen LogP contribution in [0.4, 0.5) is 0 Å². The lowest BCUT2D eigenvalue weighted by atomic mass is 9.95. The van der Waals surface area contributed by atoms with E-state index in [1.54, 1.807) is 0 Å². The molecule has 1 aliphatic heterocycles. The summed E-state index contributed by atoms with van der Waals surface area (Å²) in [7, 11) is 0. The van der Waals surface area contributed by atoms with Gasteiger partial charge in [0, 0.05) is 18.6 Å². The zero-order valence-electron chi connectivity index (χ0n) is 17.9. The van der Waals surface area contributed by atoms with Crippen molar-refractivity contribution in [3.8, 4) is 5.75 Å². The highest BCUT2D eigenvalue weighted by atomic mass is 16.7. The maximum atomic E-state index is 10.4. The molecular formula is C24H32O7. The first-order valence-electron chi connectivity index (χ1n) is 10.6. The standard InChI is InChI=1S/C24H32O7/c1-14-10-15(2)18(12-17-7-5-16(6-8-17)4-3-9-25)19(11-14)30-23-22(28)21(27)20(13-26)31-24(23)29/h5-8,10-11,20-29H,3-4,9,12-13H2,1-2H3/t20-,21-,22+,23-,24?/m1/s1. The maximum absolute atomic E-state index is 10.4. The summed E-state index contributed by atoms with van der Waals surface area (Å²) in [6.45, 7) is 3.55. The molecule has 1 unspecified atom stereocenters. The lowest BCUT2D eigenvalue weighted by Gasteiger charge is -2.40. The minimum Gasteiger partial charge on any atom is -0.482 e. The second-order valence-electron chi connectivity index (χ2n) is 8.19. The summed E-state index contributed by atoms with van der Waals surface area (Å²) >= 11 is 0. The highest BCUT2D eigenvalue weighted by Gasteiger charge is 2.45. The van der Waals surface area contributed by atoms with Crippen molar-refractivity contribution >= 4 is 0 Å². The smallest absolute Gasteiger partial charge is 0.195 e. The molecule has 0 saturated carbocycles. The zero-order chi connectivity index (χ0) is 22.5. The van der Waals surface area contributed by atoms with Gasteiger partial charge in [-0.3, -0.25) is 0 Å². The number of ether oxygens (including phenoxy) is 2. The first-order chi connectivity index (χ1) is 14.8. The summed E-state index contributed by atoms with van der Waals surface area (Å²) < 4.78 is 11.2. The van der Waals surface area contributed by atoms with Crippen molar-refractivity contribution in [1.82, 2.24) is 0 Å². The predicted octanol–water partition coefficient (Wildman–Crippen LogP) is 0.998. The third kappa shape index (κ3) is 5.63. The molecule has 0 aromatic heterocycles. The highest BCUT2D eigenvalue weighted by molar-refractivity contribution is 5.46. The van der Waals surface area contributed by atoms with Crippen molar-refractivity contribution in [3.05, 3.63) is 64.2 Å². The lowest BCUT2D eigenvalue weighted by molar-refractivity contribution is -0.280. The van der Waals surface area contributed by atoms with Crippen LogP contribution in [0, 0.1) is 13.8 Å². The van der Waals surface area contributed by atoms with Gasteiger partial charge in [-0.15, -0.1) is 0 Å². The fraction of sp³-hybridized carbons (Fsp3) is 0.500. The summed E-state index contributed by atoms with van der Waals surface area (Å²) in [6, 6.07) is 12.0. The molecule has 1 fully saturated rings. The van der Waals surface area contributed by atoms with Gasteiger partial charge in [-0.2, -0.15) is 0 Å². The number of benzene rings is 2. The maximum Gasteiger partial charge on any atom is 0.195 e. The van der Waals surface area contributed by atoms with E-state index in [-0.39, 0.29) is 6.61 Å². The molecule has 2 aromatic rings. The van der Waals surface area contributed by atoms with Crippen molar-refractivity contribution < 1.29 is 35.0 Å².